The van der Waals surface area contributed by atoms with Gasteiger partial charge in [-0.2, -0.15) is 0 Å². The monoisotopic (exact) mass is 289 g/mol. The molecule has 0 aliphatic carbocycles. The van der Waals surface area contributed by atoms with Crippen LogP contribution in [-0.2, 0) is 4.74 Å². The van der Waals surface area contributed by atoms with Gasteiger partial charge in [0.2, 0.25) is 0 Å². The topological polar surface area (TPSA) is 51.5 Å². The number of aromatic nitrogens is 1. The fourth-order valence-electron chi connectivity index (χ4n) is 1.90. The maximum absolute atomic E-state index is 13.4. The Morgan fingerprint density at radius 1 is 1.43 bits per heavy atom. The van der Waals surface area contributed by atoms with Gasteiger partial charge in [0.15, 0.2) is 0 Å². The Kier molecular flexibility index (Phi) is 4.01. The molecule has 2 aromatic rings. The SMILES string of the molecule is CC(C)(C)OC(=O)n1cc(C#CCO)c2cc(F)ccc21. The highest BCUT2D eigenvalue weighted by Crippen LogP contribution is 2.23. The van der Waals surface area contributed by atoms with Crippen LogP contribution in [0.1, 0.15) is 26.3 Å². The first-order valence-corrected chi connectivity index (χ1v) is 6.45. The fraction of sp³-hybridized carbons (Fsp3) is 0.312. The van der Waals surface area contributed by atoms with Crippen LogP contribution in [-0.4, -0.2) is 28.0 Å². The van der Waals surface area contributed by atoms with Gasteiger partial charge in [0.1, 0.15) is 18.0 Å². The van der Waals surface area contributed by atoms with E-state index in [0.29, 0.717) is 16.5 Å². The Hall–Kier alpha value is -2.32. The van der Waals surface area contributed by atoms with Crippen molar-refractivity contribution in [1.29, 1.82) is 0 Å². The minimum atomic E-state index is -0.634. The van der Waals surface area contributed by atoms with Crippen LogP contribution in [0, 0.1) is 17.7 Å². The molecule has 1 N–H and O–H groups in total. The van der Waals surface area contributed by atoms with E-state index in [-0.39, 0.29) is 6.61 Å². The predicted molar refractivity (Wildman–Crippen MR) is 77.5 cm³/mol. The van der Waals surface area contributed by atoms with E-state index in [9.17, 15) is 9.18 Å². The highest BCUT2D eigenvalue weighted by atomic mass is 19.1. The van der Waals surface area contributed by atoms with Gasteiger partial charge in [-0.05, 0) is 39.0 Å². The zero-order chi connectivity index (χ0) is 15.6. The average molecular weight is 289 g/mol. The average Bonchev–Trinajstić information content (AvgIpc) is 2.72. The van der Waals surface area contributed by atoms with E-state index < -0.39 is 17.5 Å². The molecule has 4 nitrogen and oxygen atoms in total. The molecular formula is C16H16FNO3. The zero-order valence-electron chi connectivity index (χ0n) is 12.1. The molecule has 0 amide bonds. The van der Waals surface area contributed by atoms with Gasteiger partial charge in [0.05, 0.1) is 11.1 Å². The molecule has 0 radical (unpaired) electrons. The van der Waals surface area contributed by atoms with Crippen molar-refractivity contribution in [3.05, 3.63) is 35.8 Å². The van der Waals surface area contributed by atoms with Crippen molar-refractivity contribution in [3.63, 3.8) is 0 Å². The molecule has 0 fully saturated rings. The number of aliphatic hydroxyl groups excluding tert-OH is 1. The molecule has 1 aromatic carbocycles. The minimum Gasteiger partial charge on any atom is -0.443 e. The summed E-state index contributed by atoms with van der Waals surface area (Å²) in [5, 5.41) is 9.28. The minimum absolute atomic E-state index is 0.311. The molecule has 2 rings (SSSR count). The Morgan fingerprint density at radius 2 is 2.14 bits per heavy atom. The van der Waals surface area contributed by atoms with Gasteiger partial charge in [-0.3, -0.25) is 4.57 Å². The lowest BCUT2D eigenvalue weighted by Gasteiger charge is -2.19. The summed E-state index contributed by atoms with van der Waals surface area (Å²) in [7, 11) is 0. The van der Waals surface area contributed by atoms with Gasteiger partial charge in [-0.1, -0.05) is 11.8 Å². The normalized spacial score (nSPS) is 11.1. The second kappa shape index (κ2) is 5.58. The maximum atomic E-state index is 13.4. The van der Waals surface area contributed by atoms with Crippen LogP contribution in [0.3, 0.4) is 0 Å². The van der Waals surface area contributed by atoms with Crippen molar-refractivity contribution in [3.8, 4) is 11.8 Å². The summed E-state index contributed by atoms with van der Waals surface area (Å²) in [5.41, 5.74) is 0.335. The second-order valence-corrected chi connectivity index (χ2v) is 5.51. The van der Waals surface area contributed by atoms with Crippen LogP contribution in [0.25, 0.3) is 10.9 Å². The van der Waals surface area contributed by atoms with Crippen molar-refractivity contribution in [2.45, 2.75) is 26.4 Å². The third-order valence-electron chi connectivity index (χ3n) is 2.66. The van der Waals surface area contributed by atoms with Gasteiger partial charge in [-0.15, -0.1) is 0 Å². The number of carbonyl (C=O) groups is 1. The number of benzene rings is 1. The number of carbonyl (C=O) groups excluding carboxylic acids is 1. The molecule has 1 aromatic heterocycles. The molecule has 0 bridgehead atoms. The molecule has 0 unspecified atom stereocenters. The molecule has 0 aliphatic heterocycles. The summed E-state index contributed by atoms with van der Waals surface area (Å²) in [5.74, 6) is 4.78. The summed E-state index contributed by atoms with van der Waals surface area (Å²) in [6.07, 6.45) is 0.928. The molecular weight excluding hydrogens is 273 g/mol. The van der Waals surface area contributed by atoms with Crippen molar-refractivity contribution < 1.29 is 19.0 Å². The van der Waals surface area contributed by atoms with Crippen molar-refractivity contribution in [1.82, 2.24) is 4.57 Å². The van der Waals surface area contributed by atoms with Gasteiger partial charge in [0, 0.05) is 11.6 Å². The quantitative estimate of drug-likeness (QED) is 0.759. The molecule has 5 heteroatoms. The first-order valence-electron chi connectivity index (χ1n) is 6.45. The van der Waals surface area contributed by atoms with Crippen molar-refractivity contribution in [2.75, 3.05) is 6.61 Å². The largest absolute Gasteiger partial charge is 0.443 e. The third-order valence-corrected chi connectivity index (χ3v) is 2.66. The Bertz CT molecular complexity index is 744. The Balaban J connectivity index is 2.57. The van der Waals surface area contributed by atoms with Crippen molar-refractivity contribution >= 4 is 17.0 Å². The number of nitrogens with zero attached hydrogens (tertiary/aromatic N) is 1. The van der Waals surface area contributed by atoms with Gasteiger partial charge < -0.3 is 9.84 Å². The first kappa shape index (κ1) is 15.1. The predicted octanol–water partition coefficient (Wildman–Crippen LogP) is 2.91. The summed E-state index contributed by atoms with van der Waals surface area (Å²) >= 11 is 0. The van der Waals surface area contributed by atoms with E-state index in [1.165, 1.54) is 29.0 Å². The van der Waals surface area contributed by atoms with E-state index in [0.717, 1.165) is 0 Å². The van der Waals surface area contributed by atoms with Crippen LogP contribution in [0.5, 0.6) is 0 Å². The molecule has 0 saturated carbocycles. The molecule has 1 heterocycles. The number of hydrogen-bond donors (Lipinski definition) is 1. The van der Waals surface area contributed by atoms with Gasteiger partial charge in [0.25, 0.3) is 0 Å². The molecule has 0 spiro atoms. The number of ether oxygens (including phenoxy) is 1. The summed E-state index contributed by atoms with van der Waals surface area (Å²) in [6, 6.07) is 4.07. The fourth-order valence-corrected chi connectivity index (χ4v) is 1.90. The van der Waals surface area contributed by atoms with Crippen LogP contribution < -0.4 is 0 Å². The molecule has 0 saturated heterocycles. The number of halogens is 1. The van der Waals surface area contributed by atoms with Gasteiger partial charge >= 0.3 is 6.09 Å². The standard InChI is InChI=1S/C16H16FNO3/c1-16(2,3)21-15(20)18-10-11(5-4-8-19)13-9-12(17)6-7-14(13)18/h6-7,9-10,19H,8H2,1-3H3. The zero-order valence-corrected chi connectivity index (χ0v) is 12.1. The Morgan fingerprint density at radius 3 is 2.76 bits per heavy atom. The van der Waals surface area contributed by atoms with Crippen LogP contribution >= 0.6 is 0 Å². The number of aliphatic hydroxyl groups is 1. The lowest BCUT2D eigenvalue weighted by atomic mass is 10.2. The number of rotatable bonds is 0. The lowest BCUT2D eigenvalue weighted by Crippen LogP contribution is -2.26. The number of fused-ring (bicyclic) bond motifs is 1. The highest BCUT2D eigenvalue weighted by molar-refractivity contribution is 5.93. The maximum Gasteiger partial charge on any atom is 0.419 e. The summed E-state index contributed by atoms with van der Waals surface area (Å²) in [6.45, 7) is 4.99. The van der Waals surface area contributed by atoms with Crippen molar-refractivity contribution in [2.24, 2.45) is 0 Å². The third kappa shape index (κ3) is 3.41. The van der Waals surface area contributed by atoms with Crippen LogP contribution in [0.2, 0.25) is 0 Å². The summed E-state index contributed by atoms with van der Waals surface area (Å²) in [4.78, 5) is 12.2. The highest BCUT2D eigenvalue weighted by Gasteiger charge is 2.20. The first-order chi connectivity index (χ1) is 9.81. The molecule has 110 valence electrons. The number of hydrogen-bond acceptors (Lipinski definition) is 3. The van der Waals surface area contributed by atoms with E-state index in [1.54, 1.807) is 20.8 Å². The van der Waals surface area contributed by atoms with Crippen LogP contribution in [0.4, 0.5) is 9.18 Å². The van der Waals surface area contributed by atoms with Crippen LogP contribution in [0.15, 0.2) is 24.4 Å². The van der Waals surface area contributed by atoms with E-state index in [2.05, 4.69) is 11.8 Å². The smallest absolute Gasteiger partial charge is 0.419 e. The second-order valence-electron chi connectivity index (χ2n) is 5.51. The van der Waals surface area contributed by atoms with Gasteiger partial charge in [-0.25, -0.2) is 9.18 Å². The van der Waals surface area contributed by atoms with E-state index in [1.807, 2.05) is 0 Å². The molecule has 21 heavy (non-hydrogen) atoms. The van der Waals surface area contributed by atoms with E-state index in [4.69, 9.17) is 9.84 Å². The van der Waals surface area contributed by atoms with E-state index >= 15 is 0 Å². The summed E-state index contributed by atoms with van der Waals surface area (Å²) < 4.78 is 20.0. The Labute approximate surface area is 122 Å². The lowest BCUT2D eigenvalue weighted by molar-refractivity contribution is 0.0544. The molecule has 0 atom stereocenters. The molecule has 0 aliphatic rings.